The van der Waals surface area contributed by atoms with E-state index in [0.717, 1.165) is 25.7 Å². The van der Waals surface area contributed by atoms with Crippen LogP contribution in [0.25, 0.3) is 0 Å². The van der Waals surface area contributed by atoms with Crippen LogP contribution in [0.1, 0.15) is 39.5 Å². The molecule has 0 spiro atoms. The number of hydrogen-bond donors (Lipinski definition) is 1. The van der Waals surface area contributed by atoms with Crippen LogP contribution in [-0.2, 0) is 19.7 Å². The van der Waals surface area contributed by atoms with Crippen molar-refractivity contribution in [2.75, 3.05) is 46.4 Å². The summed E-state index contributed by atoms with van der Waals surface area (Å²) in [4.78, 5) is 12.3. The van der Waals surface area contributed by atoms with Crippen molar-refractivity contribution < 1.29 is 17.9 Å². The molecule has 7 nitrogen and oxygen atoms in total. The number of hydrogen-bond acceptors (Lipinski definition) is 4. The van der Waals surface area contributed by atoms with E-state index in [2.05, 4.69) is 19.2 Å². The van der Waals surface area contributed by atoms with Crippen molar-refractivity contribution in [2.45, 2.75) is 39.5 Å². The Hall–Kier alpha value is -0.700. The standard InChI is InChI=1S/C17H33N3O4S/c1-14-10-15(2)12-20(11-14)25(22,23)19-8-4-6-16(13-19)17(21)18-7-5-9-24-3/h14-16H,4-13H2,1-3H3,(H,18,21). The molecule has 25 heavy (non-hydrogen) atoms. The highest BCUT2D eigenvalue weighted by atomic mass is 32.2. The number of carbonyl (C=O) groups is 1. The summed E-state index contributed by atoms with van der Waals surface area (Å²) in [5.41, 5.74) is 0. The predicted octanol–water partition coefficient (Wildman–Crippen LogP) is 1.07. The van der Waals surface area contributed by atoms with Crippen LogP contribution in [0.2, 0.25) is 0 Å². The van der Waals surface area contributed by atoms with Gasteiger partial charge in [0.2, 0.25) is 5.91 Å². The molecule has 2 rings (SSSR count). The first-order valence-corrected chi connectivity index (χ1v) is 10.8. The van der Waals surface area contributed by atoms with Gasteiger partial charge >= 0.3 is 0 Å². The van der Waals surface area contributed by atoms with Crippen LogP contribution < -0.4 is 5.32 Å². The van der Waals surface area contributed by atoms with E-state index in [9.17, 15) is 13.2 Å². The smallest absolute Gasteiger partial charge is 0.282 e. The van der Waals surface area contributed by atoms with Crippen molar-refractivity contribution in [1.29, 1.82) is 0 Å². The van der Waals surface area contributed by atoms with E-state index in [-0.39, 0.29) is 18.4 Å². The molecule has 2 aliphatic rings. The second-order valence-electron chi connectivity index (χ2n) is 7.61. The van der Waals surface area contributed by atoms with E-state index in [1.807, 2.05) is 0 Å². The Morgan fingerprint density at radius 3 is 2.48 bits per heavy atom. The lowest BCUT2D eigenvalue weighted by atomic mass is 9.94. The van der Waals surface area contributed by atoms with Gasteiger partial charge in [-0.3, -0.25) is 4.79 Å². The number of nitrogens with zero attached hydrogens (tertiary/aromatic N) is 2. The molecule has 8 heteroatoms. The Morgan fingerprint density at radius 1 is 1.16 bits per heavy atom. The number of rotatable bonds is 7. The maximum Gasteiger partial charge on any atom is 0.282 e. The first-order chi connectivity index (χ1) is 11.8. The molecule has 1 amide bonds. The third kappa shape index (κ3) is 5.64. The minimum absolute atomic E-state index is 0.0450. The van der Waals surface area contributed by atoms with Crippen molar-refractivity contribution in [3.05, 3.63) is 0 Å². The zero-order chi connectivity index (χ0) is 18.4. The number of methoxy groups -OCH3 is 1. The largest absolute Gasteiger partial charge is 0.385 e. The molecule has 0 aromatic rings. The number of ether oxygens (including phenoxy) is 1. The molecule has 2 aliphatic heterocycles. The summed E-state index contributed by atoms with van der Waals surface area (Å²) in [6.07, 6.45) is 3.31. The Balaban J connectivity index is 1.93. The van der Waals surface area contributed by atoms with Gasteiger partial charge in [-0.05, 0) is 37.5 Å². The summed E-state index contributed by atoms with van der Waals surface area (Å²) >= 11 is 0. The van der Waals surface area contributed by atoms with Gasteiger partial charge in [-0.25, -0.2) is 0 Å². The van der Waals surface area contributed by atoms with Crippen molar-refractivity contribution >= 4 is 16.1 Å². The average Bonchev–Trinajstić information content (AvgIpc) is 2.58. The topological polar surface area (TPSA) is 79.0 Å². The summed E-state index contributed by atoms with van der Waals surface area (Å²) in [5, 5.41) is 2.90. The fourth-order valence-corrected chi connectivity index (χ4v) is 5.84. The SMILES string of the molecule is COCCCNC(=O)C1CCCN(S(=O)(=O)N2CC(C)CC(C)C2)C1. The molecule has 3 unspecified atom stereocenters. The van der Waals surface area contributed by atoms with Crippen molar-refractivity contribution in [2.24, 2.45) is 17.8 Å². The summed E-state index contributed by atoms with van der Waals surface area (Å²) in [7, 11) is -1.85. The van der Waals surface area contributed by atoms with Gasteiger partial charge in [-0.15, -0.1) is 0 Å². The Kier molecular flexibility index (Phi) is 7.67. The fraction of sp³-hybridized carbons (Fsp3) is 0.941. The highest BCUT2D eigenvalue weighted by Gasteiger charge is 2.38. The van der Waals surface area contributed by atoms with Crippen molar-refractivity contribution in [1.82, 2.24) is 13.9 Å². The van der Waals surface area contributed by atoms with Gasteiger partial charge in [0.1, 0.15) is 0 Å². The second-order valence-corrected chi connectivity index (χ2v) is 9.53. The third-order valence-corrected chi connectivity index (χ3v) is 7.00. The van der Waals surface area contributed by atoms with E-state index >= 15 is 0 Å². The fourth-order valence-electron chi connectivity index (χ4n) is 3.90. The predicted molar refractivity (Wildman–Crippen MR) is 97.2 cm³/mol. The van der Waals surface area contributed by atoms with E-state index < -0.39 is 10.2 Å². The molecule has 0 aromatic heterocycles. The van der Waals surface area contributed by atoms with Crippen LogP contribution in [-0.4, -0.2) is 69.4 Å². The summed E-state index contributed by atoms with van der Waals surface area (Å²) in [6.45, 7) is 7.34. The van der Waals surface area contributed by atoms with Crippen molar-refractivity contribution in [3.63, 3.8) is 0 Å². The molecule has 146 valence electrons. The van der Waals surface area contributed by atoms with Gasteiger partial charge in [0.15, 0.2) is 0 Å². The number of amides is 1. The molecule has 3 atom stereocenters. The van der Waals surface area contributed by atoms with E-state index in [0.29, 0.717) is 44.6 Å². The Morgan fingerprint density at radius 2 is 1.84 bits per heavy atom. The van der Waals surface area contributed by atoms with Crippen LogP contribution in [0.3, 0.4) is 0 Å². The van der Waals surface area contributed by atoms with Crippen LogP contribution in [0, 0.1) is 17.8 Å². The number of nitrogens with one attached hydrogen (secondary N) is 1. The minimum atomic E-state index is -3.48. The minimum Gasteiger partial charge on any atom is -0.385 e. The lowest BCUT2D eigenvalue weighted by Crippen LogP contribution is -2.53. The molecule has 0 saturated carbocycles. The van der Waals surface area contributed by atoms with Gasteiger partial charge in [0, 0.05) is 46.4 Å². The monoisotopic (exact) mass is 375 g/mol. The quantitative estimate of drug-likeness (QED) is 0.675. The molecular weight excluding hydrogens is 342 g/mol. The van der Waals surface area contributed by atoms with Gasteiger partial charge in [0.25, 0.3) is 10.2 Å². The number of carbonyl (C=O) groups excluding carboxylic acids is 1. The first-order valence-electron chi connectivity index (χ1n) is 9.36. The molecule has 0 aromatic carbocycles. The Bertz CT molecular complexity index is 530. The maximum atomic E-state index is 13.0. The lowest BCUT2D eigenvalue weighted by molar-refractivity contribution is -0.126. The van der Waals surface area contributed by atoms with E-state index in [4.69, 9.17) is 4.74 Å². The second kappa shape index (κ2) is 9.30. The molecule has 0 aliphatic carbocycles. The zero-order valence-electron chi connectivity index (χ0n) is 15.7. The summed E-state index contributed by atoms with van der Waals surface area (Å²) in [6, 6.07) is 0. The molecule has 2 heterocycles. The number of piperidine rings is 2. The molecule has 1 N–H and O–H groups in total. The van der Waals surface area contributed by atoms with Crippen molar-refractivity contribution in [3.8, 4) is 0 Å². The lowest BCUT2D eigenvalue weighted by Gasteiger charge is -2.39. The first kappa shape index (κ1) is 20.6. The average molecular weight is 376 g/mol. The van der Waals surface area contributed by atoms with Gasteiger partial charge in [0.05, 0.1) is 5.92 Å². The summed E-state index contributed by atoms with van der Waals surface area (Å²) < 4.78 is 34.1. The molecule has 0 radical (unpaired) electrons. The maximum absolute atomic E-state index is 13.0. The molecule has 0 bridgehead atoms. The van der Waals surface area contributed by atoms with Crippen LogP contribution in [0.5, 0.6) is 0 Å². The van der Waals surface area contributed by atoms with Crippen LogP contribution in [0.15, 0.2) is 0 Å². The zero-order valence-corrected chi connectivity index (χ0v) is 16.6. The third-order valence-electron chi connectivity index (χ3n) is 5.07. The highest BCUT2D eigenvalue weighted by Crippen LogP contribution is 2.27. The molecule has 2 fully saturated rings. The normalized spacial score (nSPS) is 29.5. The van der Waals surface area contributed by atoms with Gasteiger partial charge < -0.3 is 10.1 Å². The van der Waals surface area contributed by atoms with Gasteiger partial charge in [-0.2, -0.15) is 17.0 Å². The molecular formula is C17H33N3O4S. The van der Waals surface area contributed by atoms with E-state index in [1.54, 1.807) is 11.4 Å². The van der Waals surface area contributed by atoms with E-state index in [1.165, 1.54) is 4.31 Å². The Labute approximate surface area is 152 Å². The van der Waals surface area contributed by atoms with Crippen LogP contribution >= 0.6 is 0 Å². The highest BCUT2D eigenvalue weighted by molar-refractivity contribution is 7.86. The molecule has 2 saturated heterocycles. The van der Waals surface area contributed by atoms with Crippen LogP contribution in [0.4, 0.5) is 0 Å². The summed E-state index contributed by atoms with van der Waals surface area (Å²) in [5.74, 6) is 0.452. The van der Waals surface area contributed by atoms with Gasteiger partial charge in [-0.1, -0.05) is 13.8 Å².